The molecule has 7 aromatic heterocycles. The number of carbonyl (C=O) groups is 6. The summed E-state index contributed by atoms with van der Waals surface area (Å²) in [7, 11) is -1.35. The van der Waals surface area contributed by atoms with Crippen molar-refractivity contribution in [3.63, 3.8) is 0 Å². The summed E-state index contributed by atoms with van der Waals surface area (Å²) < 4.78 is 45.0. The van der Waals surface area contributed by atoms with Crippen molar-refractivity contribution in [1.29, 1.82) is 0 Å². The zero-order valence-electron chi connectivity index (χ0n) is 66.3. The number of likely N-dealkylation sites (tertiary alicyclic amines) is 1. The van der Waals surface area contributed by atoms with Gasteiger partial charge in [0.25, 0.3) is 17.7 Å². The SMILES string of the molecule is O=C(Nc1ccc(-c2nnn[nH]2)cc1)c1sc2ncnc3c2c1NC(=O)N3c1ccc(Oc2ccccc2)cc1.O=C(Nc1ccc(CN2CCCCC2)cc1)c1sc2ncnc3c2c1NC(=O)N3c1ccc(S(=O)c2ccccc2)cc1.O=C(Nc1ccc(CN2CCOCC2)c(F)c1)c1sc2ncnc3c2c1NC(=O)N3c1ccc(Oc2ccccc2)cc1. The number of rotatable bonds is 20. The number of nitrogens with one attached hydrogen (secondary N) is 7. The fourth-order valence-electron chi connectivity index (χ4n) is 14.9. The number of ether oxygens (including phenoxy) is 3. The molecule has 7 N–H and O–H groups in total. The van der Waals surface area contributed by atoms with Crippen LogP contribution in [-0.2, 0) is 28.6 Å². The van der Waals surface area contributed by atoms with Crippen LogP contribution in [0.25, 0.3) is 42.0 Å². The number of anilines is 12. The van der Waals surface area contributed by atoms with E-state index in [0.29, 0.717) is 173 Å². The lowest BCUT2D eigenvalue weighted by Crippen LogP contribution is -2.35. The molecule has 0 radical (unpaired) electrons. The van der Waals surface area contributed by atoms with Gasteiger partial charge in [0.05, 0.1) is 74.3 Å². The van der Waals surface area contributed by atoms with Crippen molar-refractivity contribution in [3.05, 3.63) is 281 Å². The molecule has 2 saturated heterocycles. The summed E-state index contributed by atoms with van der Waals surface area (Å²) >= 11 is 3.51. The van der Waals surface area contributed by atoms with Gasteiger partial charge < -0.3 is 46.1 Å². The lowest BCUT2D eigenvalue weighted by Gasteiger charge is -2.27. The summed E-state index contributed by atoms with van der Waals surface area (Å²) in [5.74, 6) is 2.70. The largest absolute Gasteiger partial charge is 0.457 e. The predicted octanol–water partition coefficient (Wildman–Crippen LogP) is 18.8. The van der Waals surface area contributed by atoms with Crippen molar-refractivity contribution >= 4 is 180 Å². The van der Waals surface area contributed by atoms with Gasteiger partial charge in [0, 0.05) is 64.2 Å². The fraction of sp³-hybridized carbons (Fsp3) is 0.122. The van der Waals surface area contributed by atoms with Gasteiger partial charge in [-0.15, -0.1) is 39.1 Å². The van der Waals surface area contributed by atoms with Crippen molar-refractivity contribution < 1.29 is 51.6 Å². The lowest BCUT2D eigenvalue weighted by molar-refractivity contribution is 0.0337. The number of amides is 9. The Labute approximate surface area is 730 Å². The third-order valence-corrected chi connectivity index (χ3v) is 25.7. The molecule has 0 saturated carbocycles. The van der Waals surface area contributed by atoms with Crippen molar-refractivity contribution in [1.82, 2.24) is 60.3 Å². The minimum Gasteiger partial charge on any atom is -0.457 e. The Balaban J connectivity index is 0.000000124. The van der Waals surface area contributed by atoms with Gasteiger partial charge in [-0.2, -0.15) is 0 Å². The third-order valence-electron chi connectivity index (χ3n) is 21.0. The molecule has 12 heterocycles. The highest BCUT2D eigenvalue weighted by Crippen LogP contribution is 2.49. The van der Waals surface area contributed by atoms with E-state index in [4.69, 9.17) is 14.2 Å². The van der Waals surface area contributed by atoms with Gasteiger partial charge >= 0.3 is 18.1 Å². The van der Waals surface area contributed by atoms with Crippen molar-refractivity contribution in [2.24, 2.45) is 0 Å². The highest BCUT2D eigenvalue weighted by molar-refractivity contribution is 7.85. The summed E-state index contributed by atoms with van der Waals surface area (Å²) in [6.45, 7) is 6.38. The number of urea groups is 3. The van der Waals surface area contributed by atoms with Crippen LogP contribution in [0.15, 0.2) is 259 Å². The molecule has 16 aromatic rings. The first-order valence-electron chi connectivity index (χ1n) is 39.8. The van der Waals surface area contributed by atoms with Crippen LogP contribution in [0.4, 0.5) is 87.4 Å². The molecule has 626 valence electrons. The average Bonchev–Trinajstić information content (AvgIpc) is 1.47. The van der Waals surface area contributed by atoms with E-state index in [2.05, 4.69) is 92.2 Å². The molecule has 9 amide bonds. The normalized spacial score (nSPS) is 14.4. The molecule has 0 spiro atoms. The molecular formula is C90H70FN21O10S4. The number of para-hydroxylation sites is 2. The first-order chi connectivity index (χ1) is 61.7. The number of thiophene rings is 3. The monoisotopic (exact) mass is 1750 g/mol. The van der Waals surface area contributed by atoms with Gasteiger partial charge in [-0.25, -0.2) is 72.7 Å². The van der Waals surface area contributed by atoms with Crippen LogP contribution < -0.4 is 56.1 Å². The predicted molar refractivity (Wildman–Crippen MR) is 481 cm³/mol. The van der Waals surface area contributed by atoms with Crippen LogP contribution in [0.5, 0.6) is 23.0 Å². The first-order valence-corrected chi connectivity index (χ1v) is 43.4. The number of benzene rings is 9. The molecule has 0 aliphatic carbocycles. The van der Waals surface area contributed by atoms with Gasteiger partial charge in [0.2, 0.25) is 0 Å². The summed E-state index contributed by atoms with van der Waals surface area (Å²) in [6, 6.07) is 67.4. The quantitative estimate of drug-likeness (QED) is 0.0373. The van der Waals surface area contributed by atoms with Crippen molar-refractivity contribution in [2.45, 2.75) is 42.1 Å². The standard InChI is InChI=1S/C32H28N6O3S2.C31H25FN6O4S.C27H17N9O3S/c39-30(35-22-11-9-21(10-12-22)19-37-17-5-2-6-18-37)28-27-26-29(33-20-34-31(26)42-28)38(32(40)36-27)23-13-15-25(16-14-23)43(41)24-7-3-1-4-8-24;32-24-16-20(7-6-19(24)17-37-12-14-41-15-13-37)35-29(39)27-26-25-28(33-18-34-30(25)43-27)38(31(40)36-26)21-8-10-23(11-9-21)42-22-4-2-1-3-5-22;37-25(30-16-8-6-15(7-9-16)23-32-34-35-33-23)22-21-20-24(28-14-29-26(20)40-22)36(27(38)31-21)17-10-12-19(13-11-17)39-18-4-2-1-3-5-18/h1,3-4,7-16,20H,2,5-6,17-19H2,(H,35,39)(H,36,40);1-11,16,18H,12-15,17H2,(H,35,39)(H,36,40);1-14H,(H,30,37)(H,31,38)(H,32,33,34,35). The third kappa shape index (κ3) is 17.0. The molecule has 2 fully saturated rings. The molecule has 5 aliphatic heterocycles. The summed E-state index contributed by atoms with van der Waals surface area (Å²) in [5.41, 5.74) is 6.89. The van der Waals surface area contributed by atoms with Gasteiger partial charge in [-0.3, -0.25) is 24.2 Å². The van der Waals surface area contributed by atoms with Crippen LogP contribution in [0.1, 0.15) is 59.4 Å². The van der Waals surface area contributed by atoms with E-state index < -0.39 is 40.6 Å². The number of aromatic amines is 1. The van der Waals surface area contributed by atoms with E-state index in [-0.39, 0.29) is 16.7 Å². The van der Waals surface area contributed by atoms with E-state index in [9.17, 15) is 37.4 Å². The van der Waals surface area contributed by atoms with Crippen molar-refractivity contribution in [3.8, 4) is 34.4 Å². The van der Waals surface area contributed by atoms with Crippen LogP contribution in [0.2, 0.25) is 0 Å². The molecule has 36 heteroatoms. The summed E-state index contributed by atoms with van der Waals surface area (Å²) in [4.78, 5) is 119. The maximum Gasteiger partial charge on any atom is 0.332 e. The Morgan fingerprint density at radius 3 is 1.29 bits per heavy atom. The van der Waals surface area contributed by atoms with Crippen LogP contribution in [-0.4, -0.2) is 140 Å². The highest BCUT2D eigenvalue weighted by Gasteiger charge is 2.38. The molecule has 126 heavy (non-hydrogen) atoms. The Kier molecular flexibility index (Phi) is 22.9. The van der Waals surface area contributed by atoms with Gasteiger partial charge in [0.1, 0.15) is 76.9 Å². The highest BCUT2D eigenvalue weighted by atomic mass is 32.2. The van der Waals surface area contributed by atoms with E-state index in [1.807, 2.05) is 115 Å². The second kappa shape index (κ2) is 35.8. The van der Waals surface area contributed by atoms with E-state index in [0.717, 1.165) is 49.6 Å². The van der Waals surface area contributed by atoms with Crippen molar-refractivity contribution in [2.75, 3.05) is 86.0 Å². The number of hydrogen-bond donors (Lipinski definition) is 7. The number of H-pyrrole nitrogens is 1. The molecule has 21 rings (SSSR count). The zero-order chi connectivity index (χ0) is 85.7. The van der Waals surface area contributed by atoms with Gasteiger partial charge in [-0.1, -0.05) is 79.2 Å². The Morgan fingerprint density at radius 1 is 0.444 bits per heavy atom. The number of carbonyl (C=O) groups excluding carboxylic acids is 6. The summed E-state index contributed by atoms with van der Waals surface area (Å²) in [5, 5.41) is 32.7. The minimum absolute atomic E-state index is 0.245. The fourth-order valence-corrected chi connectivity index (χ4v) is 19.0. The molecule has 1 unspecified atom stereocenters. The molecular weight excluding hydrogens is 1680 g/mol. The van der Waals surface area contributed by atoms with E-state index in [1.54, 1.807) is 109 Å². The number of morpholine rings is 1. The Morgan fingerprint density at radius 2 is 0.849 bits per heavy atom. The average molecular weight is 1750 g/mol. The van der Waals surface area contributed by atoms with Crippen LogP contribution in [0.3, 0.4) is 0 Å². The smallest absolute Gasteiger partial charge is 0.332 e. The maximum atomic E-state index is 14.9. The number of nitrogens with zero attached hydrogens (tertiary/aromatic N) is 14. The number of aromatic nitrogens is 10. The topological polar surface area (TPSA) is 367 Å². The van der Waals surface area contributed by atoms with Crippen LogP contribution >= 0.6 is 34.0 Å². The first kappa shape index (κ1) is 80.7. The second-order valence-corrected chi connectivity index (χ2v) is 33.6. The molecule has 31 nitrogen and oxygen atoms in total. The number of tetrazole rings is 1. The Hall–Kier alpha value is -15.1. The van der Waals surface area contributed by atoms with Crippen LogP contribution in [0, 0.1) is 5.82 Å². The number of piperidine rings is 1. The van der Waals surface area contributed by atoms with Gasteiger partial charge in [0.15, 0.2) is 23.3 Å². The van der Waals surface area contributed by atoms with E-state index in [1.165, 1.54) is 87.2 Å². The molecule has 1 atom stereocenters. The lowest BCUT2D eigenvalue weighted by atomic mass is 10.1. The Bertz CT molecular complexity index is 6820. The molecule has 9 aromatic carbocycles. The molecule has 5 aliphatic rings. The molecule has 0 bridgehead atoms. The number of halogens is 1. The second-order valence-electron chi connectivity index (χ2n) is 29.2. The number of hydrogen-bond acceptors (Lipinski definition) is 24. The van der Waals surface area contributed by atoms with E-state index >= 15 is 0 Å². The zero-order valence-corrected chi connectivity index (χ0v) is 69.6. The minimum atomic E-state index is -1.35. The van der Waals surface area contributed by atoms with Gasteiger partial charge in [-0.05, 0) is 200 Å². The summed E-state index contributed by atoms with van der Waals surface area (Å²) in [6.07, 6.45) is 7.93. The maximum absolute atomic E-state index is 14.9.